The van der Waals surface area contributed by atoms with E-state index < -0.39 is 16.1 Å². The predicted molar refractivity (Wildman–Crippen MR) is 166 cm³/mol. The van der Waals surface area contributed by atoms with E-state index in [1.807, 2.05) is 87.5 Å². The molecule has 0 fully saturated rings. The molecule has 2 amide bonds. The van der Waals surface area contributed by atoms with Crippen LogP contribution in [-0.2, 0) is 39.0 Å². The van der Waals surface area contributed by atoms with Gasteiger partial charge in [-0.15, -0.1) is 0 Å². The van der Waals surface area contributed by atoms with Crippen LogP contribution >= 0.6 is 0 Å². The van der Waals surface area contributed by atoms with Gasteiger partial charge in [-0.05, 0) is 60.6 Å². The number of hydrogen-bond donors (Lipinski definition) is 1. The van der Waals surface area contributed by atoms with Gasteiger partial charge in [0.05, 0.1) is 11.9 Å². The average Bonchev–Trinajstić information content (AvgIpc) is 2.96. The first-order valence-electron chi connectivity index (χ1n) is 14.4. The molecular weight excluding hydrogens is 534 g/mol. The van der Waals surface area contributed by atoms with Crippen molar-refractivity contribution in [3.63, 3.8) is 0 Å². The van der Waals surface area contributed by atoms with E-state index in [1.165, 1.54) is 10.6 Å². The fraction of sp³-hybridized carbons (Fsp3) is 0.394. The summed E-state index contributed by atoms with van der Waals surface area (Å²) in [4.78, 5) is 29.1. The fourth-order valence-corrected chi connectivity index (χ4v) is 5.76. The molecule has 3 aromatic rings. The van der Waals surface area contributed by atoms with Crippen molar-refractivity contribution in [2.45, 2.75) is 65.5 Å². The fourth-order valence-electron chi connectivity index (χ4n) is 4.79. The summed E-state index contributed by atoms with van der Waals surface area (Å²) in [7, 11) is -3.55. The second kappa shape index (κ2) is 15.4. The lowest BCUT2D eigenvalue weighted by Gasteiger charge is -2.32. The maximum atomic E-state index is 13.9. The second-order valence-electron chi connectivity index (χ2n) is 10.4. The number of hydrogen-bond acceptors (Lipinski definition) is 4. The summed E-state index contributed by atoms with van der Waals surface area (Å²) >= 11 is 0. The lowest BCUT2D eigenvalue weighted by molar-refractivity contribution is -0.141. The Morgan fingerprint density at radius 3 is 2.15 bits per heavy atom. The van der Waals surface area contributed by atoms with Gasteiger partial charge in [0.1, 0.15) is 6.04 Å². The van der Waals surface area contributed by atoms with Gasteiger partial charge in [-0.1, -0.05) is 80.6 Å². The van der Waals surface area contributed by atoms with Crippen molar-refractivity contribution < 1.29 is 18.0 Å². The molecule has 0 radical (unpaired) electrons. The normalized spacial score (nSPS) is 12.0. The van der Waals surface area contributed by atoms with Crippen molar-refractivity contribution >= 4 is 27.5 Å². The van der Waals surface area contributed by atoms with Crippen LogP contribution in [0.1, 0.15) is 55.4 Å². The van der Waals surface area contributed by atoms with Crippen LogP contribution in [-0.4, -0.2) is 50.5 Å². The molecule has 3 aromatic carbocycles. The van der Waals surface area contributed by atoms with Gasteiger partial charge in [0.2, 0.25) is 21.8 Å². The molecule has 41 heavy (non-hydrogen) atoms. The van der Waals surface area contributed by atoms with Crippen LogP contribution in [0.15, 0.2) is 78.9 Å². The number of carbonyl (C=O) groups is 2. The smallest absolute Gasteiger partial charge is 0.243 e. The van der Waals surface area contributed by atoms with E-state index in [-0.39, 0.29) is 31.3 Å². The van der Waals surface area contributed by atoms with E-state index in [4.69, 9.17) is 0 Å². The van der Waals surface area contributed by atoms with Crippen molar-refractivity contribution in [2.75, 3.05) is 23.7 Å². The summed E-state index contributed by atoms with van der Waals surface area (Å²) in [5.41, 5.74) is 4.67. The summed E-state index contributed by atoms with van der Waals surface area (Å²) < 4.78 is 26.7. The Labute approximate surface area is 245 Å². The van der Waals surface area contributed by atoms with Crippen LogP contribution in [0.3, 0.4) is 0 Å². The lowest BCUT2D eigenvalue weighted by Crippen LogP contribution is -2.50. The third-order valence-electron chi connectivity index (χ3n) is 7.21. The number of amides is 2. The molecule has 7 nitrogen and oxygen atoms in total. The summed E-state index contributed by atoms with van der Waals surface area (Å²) in [6.07, 6.45) is 3.64. The van der Waals surface area contributed by atoms with Crippen LogP contribution < -0.4 is 9.62 Å². The number of anilines is 1. The van der Waals surface area contributed by atoms with Gasteiger partial charge in [0.25, 0.3) is 0 Å². The highest BCUT2D eigenvalue weighted by Crippen LogP contribution is 2.21. The maximum Gasteiger partial charge on any atom is 0.243 e. The van der Waals surface area contributed by atoms with Gasteiger partial charge in [0.15, 0.2) is 0 Å². The third kappa shape index (κ3) is 9.46. The molecule has 0 aromatic heterocycles. The van der Waals surface area contributed by atoms with Crippen molar-refractivity contribution in [3.05, 3.63) is 101 Å². The van der Waals surface area contributed by atoms with Gasteiger partial charge >= 0.3 is 0 Å². The van der Waals surface area contributed by atoms with Crippen LogP contribution in [0, 0.1) is 6.92 Å². The molecule has 220 valence electrons. The molecule has 1 N–H and O–H groups in total. The number of aryl methyl sites for hydroxylation is 2. The van der Waals surface area contributed by atoms with E-state index in [9.17, 15) is 18.0 Å². The van der Waals surface area contributed by atoms with Gasteiger partial charge in [-0.2, -0.15) is 0 Å². The van der Waals surface area contributed by atoms with Crippen molar-refractivity contribution in [3.8, 4) is 0 Å². The van der Waals surface area contributed by atoms with Gasteiger partial charge < -0.3 is 10.2 Å². The van der Waals surface area contributed by atoms with E-state index in [1.54, 1.807) is 17.0 Å². The molecule has 0 heterocycles. The molecule has 8 heteroatoms. The first-order valence-corrected chi connectivity index (χ1v) is 16.2. The van der Waals surface area contributed by atoms with Crippen LogP contribution in [0.25, 0.3) is 0 Å². The highest BCUT2D eigenvalue weighted by molar-refractivity contribution is 7.92. The monoisotopic (exact) mass is 577 g/mol. The Bertz CT molecular complexity index is 1380. The largest absolute Gasteiger partial charge is 0.354 e. The molecule has 0 saturated carbocycles. The molecule has 3 rings (SSSR count). The van der Waals surface area contributed by atoms with Crippen LogP contribution in [0.5, 0.6) is 0 Å². The summed E-state index contributed by atoms with van der Waals surface area (Å²) in [6.45, 7) is 7.01. The zero-order valence-electron chi connectivity index (χ0n) is 24.7. The summed E-state index contributed by atoms with van der Waals surface area (Å²) in [6, 6.07) is 24.3. The zero-order valence-corrected chi connectivity index (χ0v) is 25.5. The number of benzene rings is 3. The molecule has 0 aliphatic heterocycles. The molecular formula is C33H43N3O4S. The molecule has 0 aliphatic carbocycles. The van der Waals surface area contributed by atoms with Gasteiger partial charge in [-0.3, -0.25) is 13.9 Å². The predicted octanol–water partition coefficient (Wildman–Crippen LogP) is 5.27. The molecule has 0 spiro atoms. The topological polar surface area (TPSA) is 86.8 Å². The molecule has 0 aliphatic rings. The van der Waals surface area contributed by atoms with Crippen LogP contribution in [0.2, 0.25) is 0 Å². The minimum atomic E-state index is -3.55. The van der Waals surface area contributed by atoms with E-state index >= 15 is 0 Å². The molecule has 0 bridgehead atoms. The van der Waals surface area contributed by atoms with E-state index in [2.05, 4.69) is 5.32 Å². The standard InChI is InChI=1S/C33H43N3O4S/c1-5-22-34-33(38)31(24-28-14-8-7-9-15-28)35(25-29-16-11-10-13-26(29)3)32(37)17-12-23-36(41(4,39)40)30-20-18-27(6-2)19-21-30/h7-11,13-16,18-21,31H,5-6,12,17,22-25H2,1-4H3,(H,34,38)/t31-/m1/s1. The first kappa shape index (κ1) is 31.9. The third-order valence-corrected chi connectivity index (χ3v) is 8.40. The van der Waals surface area contributed by atoms with Crippen molar-refractivity contribution in [2.24, 2.45) is 0 Å². The number of sulfonamides is 1. The average molecular weight is 578 g/mol. The van der Waals surface area contributed by atoms with E-state index in [0.29, 0.717) is 25.1 Å². The highest BCUT2D eigenvalue weighted by atomic mass is 32.2. The Balaban J connectivity index is 1.87. The Morgan fingerprint density at radius 1 is 0.878 bits per heavy atom. The molecule has 0 unspecified atom stereocenters. The molecule has 1 atom stereocenters. The van der Waals surface area contributed by atoms with Crippen molar-refractivity contribution in [1.29, 1.82) is 0 Å². The second-order valence-corrected chi connectivity index (χ2v) is 12.3. The SMILES string of the molecule is CCCNC(=O)[C@@H](Cc1ccccc1)N(Cc1ccccc1C)C(=O)CCCN(c1ccc(CC)cc1)S(C)(=O)=O. The summed E-state index contributed by atoms with van der Waals surface area (Å²) in [5, 5.41) is 2.99. The Morgan fingerprint density at radius 2 is 1.54 bits per heavy atom. The lowest BCUT2D eigenvalue weighted by atomic mass is 10.0. The van der Waals surface area contributed by atoms with Crippen LogP contribution in [0.4, 0.5) is 5.69 Å². The number of nitrogens with one attached hydrogen (secondary N) is 1. The minimum absolute atomic E-state index is 0.108. The Kier molecular flexibility index (Phi) is 12.0. The number of rotatable bonds is 15. The quantitative estimate of drug-likeness (QED) is 0.267. The van der Waals surface area contributed by atoms with E-state index in [0.717, 1.165) is 35.1 Å². The first-order chi connectivity index (χ1) is 19.6. The van der Waals surface area contributed by atoms with Crippen molar-refractivity contribution in [1.82, 2.24) is 10.2 Å². The van der Waals surface area contributed by atoms with Gasteiger partial charge in [0, 0.05) is 32.5 Å². The number of nitrogens with zero attached hydrogens (tertiary/aromatic N) is 2. The minimum Gasteiger partial charge on any atom is -0.354 e. The number of carbonyl (C=O) groups excluding carboxylic acids is 2. The molecule has 0 saturated heterocycles. The summed E-state index contributed by atoms with van der Waals surface area (Å²) in [5.74, 6) is -0.373. The highest BCUT2D eigenvalue weighted by Gasteiger charge is 2.30. The Hall–Kier alpha value is -3.65. The maximum absolute atomic E-state index is 13.9. The zero-order chi connectivity index (χ0) is 29.8. The van der Waals surface area contributed by atoms with Gasteiger partial charge in [-0.25, -0.2) is 8.42 Å².